The number of halogens is 1. The second-order valence-electron chi connectivity index (χ2n) is 8.47. The van der Waals surface area contributed by atoms with Gasteiger partial charge >= 0.3 is 0 Å². The minimum Gasteiger partial charge on any atom is -0.368 e. The average Bonchev–Trinajstić information content (AvgIpc) is 3.48. The third-order valence-corrected chi connectivity index (χ3v) is 8.56. The molecule has 1 fully saturated rings. The first-order valence-corrected chi connectivity index (χ1v) is 13.9. The van der Waals surface area contributed by atoms with Crippen LogP contribution in [0.2, 0.25) is 5.02 Å². The van der Waals surface area contributed by atoms with Crippen LogP contribution in [-0.2, 0) is 21.4 Å². The molecule has 2 aromatic carbocycles. The number of nitrogens with zero attached hydrogens (tertiary/aromatic N) is 4. The van der Waals surface area contributed by atoms with Crippen LogP contribution in [0.3, 0.4) is 0 Å². The molecule has 5 rings (SSSR count). The molecule has 1 aliphatic rings. The molecule has 2 aromatic heterocycles. The summed E-state index contributed by atoms with van der Waals surface area (Å²) in [7, 11) is -3.69. The van der Waals surface area contributed by atoms with Crippen molar-refractivity contribution < 1.29 is 13.2 Å². The van der Waals surface area contributed by atoms with Crippen LogP contribution < -0.4 is 9.62 Å². The predicted molar refractivity (Wildman–Crippen MR) is 140 cm³/mol. The van der Waals surface area contributed by atoms with Crippen molar-refractivity contribution in [3.63, 3.8) is 0 Å². The van der Waals surface area contributed by atoms with E-state index in [4.69, 9.17) is 11.6 Å². The summed E-state index contributed by atoms with van der Waals surface area (Å²) in [6.07, 6.45) is 3.46. The molecule has 3 heterocycles. The summed E-state index contributed by atoms with van der Waals surface area (Å²) in [4.78, 5) is 21.3. The van der Waals surface area contributed by atoms with Crippen LogP contribution in [-0.4, -0.2) is 54.5 Å². The quantitative estimate of drug-likeness (QED) is 0.402. The number of sulfonamides is 1. The van der Waals surface area contributed by atoms with Gasteiger partial charge in [0.1, 0.15) is 6.54 Å². The van der Waals surface area contributed by atoms with Crippen molar-refractivity contribution in [1.29, 1.82) is 0 Å². The molecular weight excluding hydrogens is 506 g/mol. The number of rotatable bonds is 6. The summed E-state index contributed by atoms with van der Waals surface area (Å²) in [5.41, 5.74) is 1.86. The molecule has 1 saturated heterocycles. The molecule has 182 valence electrons. The lowest BCUT2D eigenvalue weighted by Gasteiger charge is -2.41. The van der Waals surface area contributed by atoms with E-state index in [0.29, 0.717) is 29.8 Å². The first-order chi connectivity index (χ1) is 16.8. The molecule has 0 spiro atoms. The van der Waals surface area contributed by atoms with Crippen LogP contribution in [0.25, 0.3) is 10.9 Å². The van der Waals surface area contributed by atoms with E-state index in [-0.39, 0.29) is 23.4 Å². The van der Waals surface area contributed by atoms with Gasteiger partial charge in [-0.2, -0.15) is 0 Å². The molecule has 1 amide bonds. The zero-order chi connectivity index (χ0) is 24.6. The lowest BCUT2D eigenvalue weighted by atomic mass is 10.1. The maximum Gasteiger partial charge on any atom is 0.263 e. The summed E-state index contributed by atoms with van der Waals surface area (Å²) in [5.74, 6) is 0.0596. The van der Waals surface area contributed by atoms with Crippen LogP contribution in [0.4, 0.5) is 10.8 Å². The van der Waals surface area contributed by atoms with Crippen molar-refractivity contribution >= 4 is 60.6 Å². The van der Waals surface area contributed by atoms with E-state index in [1.54, 1.807) is 35.8 Å². The zero-order valence-electron chi connectivity index (χ0n) is 19.0. The number of hydrogen-bond donors (Lipinski definition) is 1. The van der Waals surface area contributed by atoms with Crippen molar-refractivity contribution in [1.82, 2.24) is 14.5 Å². The van der Waals surface area contributed by atoms with Gasteiger partial charge in [-0.1, -0.05) is 17.7 Å². The number of nitrogens with one attached hydrogen (secondary N) is 1. The monoisotopic (exact) mass is 529 g/mol. The maximum atomic E-state index is 13.1. The molecule has 1 N–H and O–H groups in total. The topological polar surface area (TPSA) is 87.5 Å². The van der Waals surface area contributed by atoms with E-state index < -0.39 is 10.0 Å². The minimum absolute atomic E-state index is 0.0108. The van der Waals surface area contributed by atoms with Gasteiger partial charge in [-0.3, -0.25) is 9.52 Å². The van der Waals surface area contributed by atoms with Gasteiger partial charge in [0.2, 0.25) is 5.91 Å². The fourth-order valence-electron chi connectivity index (χ4n) is 4.38. The molecule has 4 aromatic rings. The van der Waals surface area contributed by atoms with Gasteiger partial charge < -0.3 is 14.4 Å². The number of thiazole rings is 1. The van der Waals surface area contributed by atoms with Gasteiger partial charge in [0.05, 0.1) is 4.90 Å². The number of piperazine rings is 1. The Bertz CT molecular complexity index is 1450. The number of carbonyl (C=O) groups excluding carboxylic acids is 1. The van der Waals surface area contributed by atoms with Crippen molar-refractivity contribution in [3.8, 4) is 0 Å². The van der Waals surface area contributed by atoms with Crippen LogP contribution in [0.5, 0.6) is 0 Å². The molecule has 35 heavy (non-hydrogen) atoms. The lowest BCUT2D eigenvalue weighted by Crippen LogP contribution is -2.54. The fourth-order valence-corrected chi connectivity index (χ4v) is 6.33. The Morgan fingerprint density at radius 1 is 1.17 bits per heavy atom. The van der Waals surface area contributed by atoms with Gasteiger partial charge in [0, 0.05) is 59.7 Å². The molecule has 8 nitrogen and oxygen atoms in total. The van der Waals surface area contributed by atoms with E-state index in [2.05, 4.69) is 14.6 Å². The maximum absolute atomic E-state index is 13.1. The van der Waals surface area contributed by atoms with Gasteiger partial charge in [-0.25, -0.2) is 13.4 Å². The zero-order valence-corrected chi connectivity index (χ0v) is 21.4. The molecule has 1 aliphatic heterocycles. The van der Waals surface area contributed by atoms with Crippen LogP contribution in [0, 0.1) is 0 Å². The Labute approximate surface area is 212 Å². The first kappa shape index (κ1) is 23.7. The molecule has 0 bridgehead atoms. The highest BCUT2D eigenvalue weighted by molar-refractivity contribution is 7.93. The van der Waals surface area contributed by atoms with Crippen LogP contribution >= 0.6 is 22.9 Å². The Hall–Kier alpha value is -3.08. The lowest BCUT2D eigenvalue weighted by molar-refractivity contribution is -0.134. The van der Waals surface area contributed by atoms with Gasteiger partial charge in [-0.05, 0) is 54.8 Å². The van der Waals surface area contributed by atoms with E-state index in [1.807, 2.05) is 46.9 Å². The van der Waals surface area contributed by atoms with Crippen molar-refractivity contribution in [2.75, 3.05) is 29.3 Å². The van der Waals surface area contributed by atoms with Crippen molar-refractivity contribution in [3.05, 3.63) is 71.3 Å². The third kappa shape index (κ3) is 5.00. The fraction of sp³-hybridized carbons (Fsp3) is 0.250. The highest BCUT2D eigenvalue weighted by Gasteiger charge is 2.28. The number of aromatic nitrogens is 2. The highest BCUT2D eigenvalue weighted by Crippen LogP contribution is 2.25. The largest absolute Gasteiger partial charge is 0.368 e. The molecule has 0 aliphatic carbocycles. The van der Waals surface area contributed by atoms with Crippen molar-refractivity contribution in [2.24, 2.45) is 0 Å². The number of carbonyl (C=O) groups is 1. The number of benzene rings is 2. The summed E-state index contributed by atoms with van der Waals surface area (Å²) in [5, 5.41) is 3.74. The van der Waals surface area contributed by atoms with E-state index in [9.17, 15) is 13.2 Å². The summed E-state index contributed by atoms with van der Waals surface area (Å²) < 4.78 is 29.6. The number of fused-ring (bicyclic) bond motifs is 1. The summed E-state index contributed by atoms with van der Waals surface area (Å²) in [6.45, 7) is 4.20. The first-order valence-electron chi connectivity index (χ1n) is 11.1. The predicted octanol–water partition coefficient (Wildman–Crippen LogP) is 4.29. The third-order valence-electron chi connectivity index (χ3n) is 6.16. The SMILES string of the molecule is CC1CN(c2ccc(S(=O)(=O)Nc3nccs3)cc2)CCN1C(=O)Cn1ccc2ccc(Cl)cc21. The van der Waals surface area contributed by atoms with E-state index >= 15 is 0 Å². The van der Waals surface area contributed by atoms with Crippen molar-refractivity contribution in [2.45, 2.75) is 24.4 Å². The van der Waals surface area contributed by atoms with Gasteiger partial charge in [-0.15, -0.1) is 11.3 Å². The highest BCUT2D eigenvalue weighted by atomic mass is 35.5. The molecule has 0 saturated carbocycles. The van der Waals surface area contributed by atoms with Gasteiger partial charge in [0.15, 0.2) is 5.13 Å². The standard InChI is InChI=1S/C24H24ClN5O3S2/c1-17-15-28(20-4-6-21(7-5-20)35(32,33)27-24-26-9-13-34-24)11-12-30(17)23(31)16-29-10-8-18-2-3-19(25)14-22(18)29/h2-10,13-14,17H,11-12,15-16H2,1H3,(H,26,27). The number of anilines is 2. The Morgan fingerprint density at radius 3 is 2.69 bits per heavy atom. The van der Waals surface area contributed by atoms with E-state index in [0.717, 1.165) is 16.6 Å². The molecular formula is C24H24ClN5O3S2. The summed E-state index contributed by atoms with van der Waals surface area (Å²) >= 11 is 7.37. The molecule has 1 atom stereocenters. The average molecular weight is 530 g/mol. The Balaban J connectivity index is 1.23. The molecule has 1 unspecified atom stereocenters. The van der Waals surface area contributed by atoms with Crippen LogP contribution in [0.1, 0.15) is 6.92 Å². The number of hydrogen-bond acceptors (Lipinski definition) is 6. The molecule has 11 heteroatoms. The summed E-state index contributed by atoms with van der Waals surface area (Å²) in [6, 6.07) is 14.5. The molecule has 0 radical (unpaired) electrons. The van der Waals surface area contributed by atoms with Gasteiger partial charge in [0.25, 0.3) is 10.0 Å². The van der Waals surface area contributed by atoms with Crippen LogP contribution in [0.15, 0.2) is 71.2 Å². The van der Waals surface area contributed by atoms with E-state index in [1.165, 1.54) is 11.3 Å². The second kappa shape index (κ2) is 9.52. The Kier molecular flexibility index (Phi) is 6.43. The Morgan fingerprint density at radius 2 is 1.97 bits per heavy atom. The minimum atomic E-state index is -3.69. The number of amides is 1. The smallest absolute Gasteiger partial charge is 0.263 e. The normalized spacial score (nSPS) is 16.6. The second-order valence-corrected chi connectivity index (χ2v) is 11.5.